The fraction of sp³-hybridized carbons (Fsp3) is 0.0952. The highest BCUT2D eigenvalue weighted by molar-refractivity contribution is 9.10. The van der Waals surface area contributed by atoms with Gasteiger partial charge in [-0.15, -0.1) is 0 Å². The van der Waals surface area contributed by atoms with E-state index in [0.29, 0.717) is 17.0 Å². The maximum Gasteiger partial charge on any atom is 0.165 e. The Morgan fingerprint density at radius 2 is 1.56 bits per heavy atom. The Morgan fingerprint density at radius 1 is 0.920 bits per heavy atom. The summed E-state index contributed by atoms with van der Waals surface area (Å²) in [6, 6.07) is 24.9. The van der Waals surface area contributed by atoms with Crippen LogP contribution < -0.4 is 5.32 Å². The summed E-state index contributed by atoms with van der Waals surface area (Å²) >= 11 is 9.37. The molecule has 25 heavy (non-hydrogen) atoms. The van der Waals surface area contributed by atoms with Gasteiger partial charge in [0.15, 0.2) is 5.78 Å². The van der Waals surface area contributed by atoms with E-state index in [1.807, 2.05) is 54.6 Å². The fourth-order valence-corrected chi connectivity index (χ4v) is 3.01. The molecule has 0 amide bonds. The summed E-state index contributed by atoms with van der Waals surface area (Å²) in [6.45, 7) is 0. The Labute approximate surface area is 161 Å². The van der Waals surface area contributed by atoms with E-state index in [0.717, 1.165) is 15.7 Å². The lowest BCUT2D eigenvalue weighted by Crippen LogP contribution is -2.15. The minimum Gasteiger partial charge on any atom is -0.378 e. The maximum absolute atomic E-state index is 12.7. The largest absolute Gasteiger partial charge is 0.378 e. The molecule has 1 N–H and O–H groups in total. The van der Waals surface area contributed by atoms with E-state index in [-0.39, 0.29) is 11.8 Å². The van der Waals surface area contributed by atoms with Gasteiger partial charge in [-0.05, 0) is 54.1 Å². The van der Waals surface area contributed by atoms with Gasteiger partial charge >= 0.3 is 0 Å². The molecule has 0 saturated carbocycles. The van der Waals surface area contributed by atoms with E-state index >= 15 is 0 Å². The highest BCUT2D eigenvalue weighted by Crippen LogP contribution is 2.26. The predicted molar refractivity (Wildman–Crippen MR) is 107 cm³/mol. The van der Waals surface area contributed by atoms with Gasteiger partial charge in [-0.2, -0.15) is 0 Å². The quantitative estimate of drug-likeness (QED) is 0.465. The average molecular weight is 415 g/mol. The van der Waals surface area contributed by atoms with Crippen LogP contribution in [0.5, 0.6) is 0 Å². The van der Waals surface area contributed by atoms with E-state index in [9.17, 15) is 4.79 Å². The number of anilines is 1. The lowest BCUT2D eigenvalue weighted by atomic mass is 9.97. The Bertz CT molecular complexity index is 832. The van der Waals surface area contributed by atoms with Crippen LogP contribution in [0.25, 0.3) is 0 Å². The molecule has 3 aromatic carbocycles. The van der Waals surface area contributed by atoms with Gasteiger partial charge in [0.2, 0.25) is 0 Å². The number of benzene rings is 3. The van der Waals surface area contributed by atoms with Crippen molar-refractivity contribution in [2.24, 2.45) is 0 Å². The number of para-hydroxylation sites is 1. The topological polar surface area (TPSA) is 29.1 Å². The number of hydrogen-bond donors (Lipinski definition) is 1. The second-order valence-corrected chi connectivity index (χ2v) is 7.10. The Balaban J connectivity index is 1.83. The molecule has 0 fully saturated rings. The molecule has 3 aromatic rings. The van der Waals surface area contributed by atoms with Gasteiger partial charge in [0, 0.05) is 27.2 Å². The van der Waals surface area contributed by atoms with Crippen molar-refractivity contribution >= 4 is 39.0 Å². The predicted octanol–water partition coefficient (Wildman–Crippen LogP) is 6.53. The van der Waals surface area contributed by atoms with Gasteiger partial charge in [-0.1, -0.05) is 57.9 Å². The summed E-state index contributed by atoms with van der Waals surface area (Å²) < 4.78 is 1.01. The molecule has 0 aromatic heterocycles. The van der Waals surface area contributed by atoms with Gasteiger partial charge in [0.1, 0.15) is 0 Å². The number of ketones is 1. The van der Waals surface area contributed by atoms with Crippen molar-refractivity contribution in [3.8, 4) is 0 Å². The highest BCUT2D eigenvalue weighted by atomic mass is 79.9. The molecule has 2 nitrogen and oxygen atoms in total. The molecule has 1 unspecified atom stereocenters. The van der Waals surface area contributed by atoms with Crippen LogP contribution in [0.1, 0.15) is 28.4 Å². The van der Waals surface area contributed by atoms with E-state index < -0.39 is 0 Å². The van der Waals surface area contributed by atoms with Crippen molar-refractivity contribution in [3.63, 3.8) is 0 Å². The first-order valence-corrected chi connectivity index (χ1v) is 9.15. The van der Waals surface area contributed by atoms with Crippen molar-refractivity contribution in [3.05, 3.63) is 99.5 Å². The van der Waals surface area contributed by atoms with Crippen LogP contribution in [0.15, 0.2) is 83.3 Å². The van der Waals surface area contributed by atoms with Crippen LogP contribution in [0.3, 0.4) is 0 Å². The summed E-state index contributed by atoms with van der Waals surface area (Å²) in [4.78, 5) is 12.7. The minimum absolute atomic E-state index is 0.0769. The zero-order valence-corrected chi connectivity index (χ0v) is 15.8. The second-order valence-electron chi connectivity index (χ2n) is 5.75. The van der Waals surface area contributed by atoms with Gasteiger partial charge in [-0.3, -0.25) is 4.79 Å². The summed E-state index contributed by atoms with van der Waals surface area (Å²) in [5, 5.41) is 4.09. The molecule has 3 rings (SSSR count). The molecular formula is C21H17BrClNO. The number of halogens is 2. The molecule has 1 atom stereocenters. The number of hydrogen-bond acceptors (Lipinski definition) is 2. The normalized spacial score (nSPS) is 11.8. The van der Waals surface area contributed by atoms with Crippen molar-refractivity contribution in [2.45, 2.75) is 12.5 Å². The summed E-state index contributed by atoms with van der Waals surface area (Å²) in [5.74, 6) is 0.0769. The molecule has 0 aliphatic carbocycles. The number of Topliss-reactive ketones (excluding diaryl/α,β-unsaturated/α-hetero) is 1. The molecule has 4 heteroatoms. The number of rotatable bonds is 6. The first-order valence-electron chi connectivity index (χ1n) is 7.97. The average Bonchev–Trinajstić information content (AvgIpc) is 2.63. The monoisotopic (exact) mass is 413 g/mol. The van der Waals surface area contributed by atoms with Gasteiger partial charge < -0.3 is 5.32 Å². The van der Waals surface area contributed by atoms with Crippen LogP contribution in [0.4, 0.5) is 5.69 Å². The highest BCUT2D eigenvalue weighted by Gasteiger charge is 2.17. The van der Waals surface area contributed by atoms with Gasteiger partial charge in [-0.25, -0.2) is 0 Å². The van der Waals surface area contributed by atoms with Crippen LogP contribution >= 0.6 is 27.5 Å². The van der Waals surface area contributed by atoms with Gasteiger partial charge in [0.05, 0.1) is 6.04 Å². The SMILES string of the molecule is O=C(CC(Nc1ccccc1)c1ccc(Br)cc1)c1ccc(Cl)cc1. The molecule has 0 aliphatic heterocycles. The molecule has 0 bridgehead atoms. The maximum atomic E-state index is 12.7. The molecular weight excluding hydrogens is 398 g/mol. The summed E-state index contributed by atoms with van der Waals surface area (Å²) in [5.41, 5.74) is 2.72. The lowest BCUT2D eigenvalue weighted by Gasteiger charge is -2.20. The smallest absolute Gasteiger partial charge is 0.165 e. The van der Waals surface area contributed by atoms with Crippen molar-refractivity contribution in [1.29, 1.82) is 0 Å². The van der Waals surface area contributed by atoms with Crippen LogP contribution in [0, 0.1) is 0 Å². The standard InChI is InChI=1S/C21H17BrClNO/c22-17-10-6-15(7-11-17)20(24-19-4-2-1-3-5-19)14-21(25)16-8-12-18(23)13-9-16/h1-13,20,24H,14H2. The zero-order chi connectivity index (χ0) is 17.6. The number of nitrogens with one attached hydrogen (secondary N) is 1. The van der Waals surface area contributed by atoms with Crippen molar-refractivity contribution in [1.82, 2.24) is 0 Å². The molecule has 0 spiro atoms. The third kappa shape index (κ3) is 4.94. The lowest BCUT2D eigenvalue weighted by molar-refractivity contribution is 0.0976. The molecule has 126 valence electrons. The number of carbonyl (C=O) groups excluding carboxylic acids is 1. The number of carbonyl (C=O) groups is 1. The van der Waals surface area contributed by atoms with Gasteiger partial charge in [0.25, 0.3) is 0 Å². The third-order valence-corrected chi connectivity index (χ3v) is 4.72. The summed E-state index contributed by atoms with van der Waals surface area (Å²) in [7, 11) is 0. The van der Waals surface area contributed by atoms with E-state index in [2.05, 4.69) is 21.2 Å². The molecule has 0 saturated heterocycles. The fourth-order valence-electron chi connectivity index (χ4n) is 2.62. The molecule has 0 aliphatic rings. The van der Waals surface area contributed by atoms with Crippen LogP contribution in [0.2, 0.25) is 5.02 Å². The molecule has 0 radical (unpaired) electrons. The first-order chi connectivity index (χ1) is 12.1. The Kier molecular flexibility index (Phi) is 5.90. The first kappa shape index (κ1) is 17.7. The molecule has 0 heterocycles. The Morgan fingerprint density at radius 3 is 2.20 bits per heavy atom. The zero-order valence-electron chi connectivity index (χ0n) is 13.5. The van der Waals surface area contributed by atoms with Crippen molar-refractivity contribution < 1.29 is 4.79 Å². The van der Waals surface area contributed by atoms with Crippen LogP contribution in [-0.2, 0) is 0 Å². The van der Waals surface area contributed by atoms with Crippen LogP contribution in [-0.4, -0.2) is 5.78 Å². The Hall–Kier alpha value is -2.10. The summed E-state index contributed by atoms with van der Waals surface area (Å²) in [6.07, 6.45) is 0.359. The van der Waals surface area contributed by atoms with E-state index in [1.165, 1.54) is 0 Å². The second kappa shape index (κ2) is 8.32. The third-order valence-electron chi connectivity index (χ3n) is 3.94. The van der Waals surface area contributed by atoms with E-state index in [1.54, 1.807) is 24.3 Å². The van der Waals surface area contributed by atoms with Crippen molar-refractivity contribution in [2.75, 3.05) is 5.32 Å². The minimum atomic E-state index is -0.112. The van der Waals surface area contributed by atoms with E-state index in [4.69, 9.17) is 11.6 Å².